The summed E-state index contributed by atoms with van der Waals surface area (Å²) in [5.41, 5.74) is 0. The average molecular weight is 151 g/mol. The Labute approximate surface area is 60.0 Å². The summed E-state index contributed by atoms with van der Waals surface area (Å²) in [4.78, 5) is 0. The Kier molecular flexibility index (Phi) is 3.06. The van der Waals surface area contributed by atoms with E-state index in [1.54, 1.807) is 0 Å². The summed E-state index contributed by atoms with van der Waals surface area (Å²) in [5, 5.41) is 0.966. The first kappa shape index (κ1) is 6.76. The molecule has 0 aliphatic carbocycles. The van der Waals surface area contributed by atoms with Crippen LogP contribution in [0.5, 0.6) is 0 Å². The Bertz CT molecular complexity index is 61.5. The van der Waals surface area contributed by atoms with Crippen LogP contribution in [0, 0.1) is 0 Å². The van der Waals surface area contributed by atoms with Gasteiger partial charge in [0.15, 0.2) is 0 Å². The summed E-state index contributed by atoms with van der Waals surface area (Å²) in [6, 6.07) is 0. The number of thioether (sulfide) groups is 1. The van der Waals surface area contributed by atoms with Crippen LogP contribution in [0.25, 0.3) is 0 Å². The Morgan fingerprint density at radius 2 is 2.38 bits per heavy atom. The zero-order chi connectivity index (χ0) is 5.82. The molecule has 1 aliphatic heterocycles. The van der Waals surface area contributed by atoms with Crippen molar-refractivity contribution in [3.05, 3.63) is 0 Å². The van der Waals surface area contributed by atoms with Crippen molar-refractivity contribution in [3.8, 4) is 0 Å². The molecule has 1 heterocycles. The first-order valence-electron chi connectivity index (χ1n) is 3.11. The highest BCUT2D eigenvalue weighted by molar-refractivity contribution is 8.01. The molecule has 0 spiro atoms. The van der Waals surface area contributed by atoms with Crippen molar-refractivity contribution in [2.75, 3.05) is 11.6 Å². The molecule has 2 heteroatoms. The Balaban J connectivity index is 1.86. The van der Waals surface area contributed by atoms with Crippen LogP contribution in [0.4, 0.5) is 0 Å². The highest BCUT2D eigenvalue weighted by atomic mass is 35.5. The Morgan fingerprint density at radius 1 is 1.62 bits per heavy atom. The van der Waals surface area contributed by atoms with Crippen LogP contribution < -0.4 is 0 Å². The van der Waals surface area contributed by atoms with Gasteiger partial charge in [-0.2, -0.15) is 11.8 Å². The molecule has 0 nitrogen and oxygen atoms in total. The number of alkyl halides is 1. The fraction of sp³-hybridized carbons (Fsp3) is 1.00. The van der Waals surface area contributed by atoms with Gasteiger partial charge in [0, 0.05) is 11.1 Å². The van der Waals surface area contributed by atoms with E-state index in [0.29, 0.717) is 0 Å². The fourth-order valence-corrected chi connectivity index (χ4v) is 1.87. The molecule has 0 aromatic rings. The highest BCUT2D eigenvalue weighted by Crippen LogP contribution is 2.31. The monoisotopic (exact) mass is 150 g/mol. The minimum atomic E-state index is 0.844. The van der Waals surface area contributed by atoms with Crippen LogP contribution in [-0.4, -0.2) is 16.9 Å². The lowest BCUT2D eigenvalue weighted by molar-refractivity contribution is 0.696. The second-order valence-electron chi connectivity index (χ2n) is 2.11. The van der Waals surface area contributed by atoms with E-state index in [1.165, 1.54) is 25.0 Å². The molecule has 1 unspecified atom stereocenters. The third-order valence-corrected chi connectivity index (χ3v) is 3.13. The molecule has 0 amide bonds. The number of hydrogen-bond donors (Lipinski definition) is 0. The maximum absolute atomic E-state index is 5.52. The van der Waals surface area contributed by atoms with Crippen LogP contribution in [0.2, 0.25) is 0 Å². The second-order valence-corrected chi connectivity index (χ2v) is 3.90. The molecule has 0 N–H and O–H groups in total. The van der Waals surface area contributed by atoms with Crippen molar-refractivity contribution in [1.29, 1.82) is 0 Å². The summed E-state index contributed by atoms with van der Waals surface area (Å²) < 4.78 is 0. The van der Waals surface area contributed by atoms with Gasteiger partial charge in [0.1, 0.15) is 0 Å². The van der Waals surface area contributed by atoms with E-state index in [-0.39, 0.29) is 0 Å². The maximum Gasteiger partial charge on any atom is 0.0223 e. The Morgan fingerprint density at radius 3 is 2.75 bits per heavy atom. The highest BCUT2D eigenvalue weighted by Gasteiger charge is 2.16. The van der Waals surface area contributed by atoms with Gasteiger partial charge in [0.05, 0.1) is 0 Å². The fourth-order valence-electron chi connectivity index (χ4n) is 0.817. The third kappa shape index (κ3) is 1.87. The van der Waals surface area contributed by atoms with Gasteiger partial charge in [-0.3, -0.25) is 0 Å². The lowest BCUT2D eigenvalue weighted by Gasteiger charge is -2.23. The molecule has 1 saturated heterocycles. The summed E-state index contributed by atoms with van der Waals surface area (Å²) in [6.45, 7) is 0. The van der Waals surface area contributed by atoms with Crippen LogP contribution in [0.1, 0.15) is 19.3 Å². The van der Waals surface area contributed by atoms with E-state index < -0.39 is 0 Å². The molecule has 0 aromatic carbocycles. The smallest absolute Gasteiger partial charge is 0.0223 e. The minimum absolute atomic E-state index is 0.844. The summed E-state index contributed by atoms with van der Waals surface area (Å²) >= 11 is 7.60. The topological polar surface area (TPSA) is 0 Å². The van der Waals surface area contributed by atoms with Gasteiger partial charge in [-0.15, -0.1) is 11.6 Å². The van der Waals surface area contributed by atoms with Crippen molar-refractivity contribution in [2.24, 2.45) is 0 Å². The predicted molar refractivity (Wildman–Crippen MR) is 40.8 cm³/mol. The van der Waals surface area contributed by atoms with Crippen LogP contribution in [-0.2, 0) is 0 Å². The maximum atomic E-state index is 5.52. The number of rotatable bonds is 3. The summed E-state index contributed by atoms with van der Waals surface area (Å²) in [6.07, 6.45) is 3.98. The van der Waals surface area contributed by atoms with E-state index in [9.17, 15) is 0 Å². The Hall–Kier alpha value is 0.640. The van der Waals surface area contributed by atoms with E-state index in [2.05, 4.69) is 11.8 Å². The zero-order valence-corrected chi connectivity index (χ0v) is 6.47. The van der Waals surface area contributed by atoms with E-state index in [4.69, 9.17) is 11.6 Å². The third-order valence-electron chi connectivity index (χ3n) is 1.45. The van der Waals surface area contributed by atoms with Crippen LogP contribution in [0.15, 0.2) is 0 Å². The van der Waals surface area contributed by atoms with Crippen LogP contribution >= 0.6 is 23.4 Å². The van der Waals surface area contributed by atoms with E-state index in [1.807, 2.05) is 0 Å². The zero-order valence-electron chi connectivity index (χ0n) is 4.90. The molecule has 0 radical (unpaired) electrons. The first-order chi connectivity index (χ1) is 3.93. The summed E-state index contributed by atoms with van der Waals surface area (Å²) in [7, 11) is 0. The van der Waals surface area contributed by atoms with Gasteiger partial charge >= 0.3 is 0 Å². The molecule has 8 heavy (non-hydrogen) atoms. The molecule has 1 atom stereocenters. The van der Waals surface area contributed by atoms with Gasteiger partial charge in [-0.1, -0.05) is 0 Å². The van der Waals surface area contributed by atoms with Crippen molar-refractivity contribution in [3.63, 3.8) is 0 Å². The molecular weight excluding hydrogens is 140 g/mol. The van der Waals surface area contributed by atoms with Gasteiger partial charge in [0.2, 0.25) is 0 Å². The van der Waals surface area contributed by atoms with Gasteiger partial charge in [0.25, 0.3) is 0 Å². The van der Waals surface area contributed by atoms with Crippen molar-refractivity contribution in [2.45, 2.75) is 24.5 Å². The van der Waals surface area contributed by atoms with Gasteiger partial charge < -0.3 is 0 Å². The van der Waals surface area contributed by atoms with E-state index in [0.717, 1.165) is 11.1 Å². The molecule has 0 aromatic heterocycles. The largest absolute Gasteiger partial charge is 0.159 e. The van der Waals surface area contributed by atoms with Gasteiger partial charge in [-0.05, 0) is 25.0 Å². The van der Waals surface area contributed by atoms with Gasteiger partial charge in [-0.25, -0.2) is 0 Å². The molecule has 1 rings (SSSR count). The van der Waals surface area contributed by atoms with E-state index >= 15 is 0 Å². The lowest BCUT2D eigenvalue weighted by atomic mass is 10.2. The molecule has 1 fully saturated rings. The van der Waals surface area contributed by atoms with Crippen LogP contribution in [0.3, 0.4) is 0 Å². The summed E-state index contributed by atoms with van der Waals surface area (Å²) in [5.74, 6) is 2.23. The molecule has 48 valence electrons. The standard InChI is InChI=1S/C6H11ClS/c7-4-1-2-6-3-5-8-6/h6H,1-5H2. The molecule has 1 aliphatic rings. The average Bonchev–Trinajstić information content (AvgIpc) is 1.63. The lowest BCUT2D eigenvalue weighted by Crippen LogP contribution is -2.14. The second kappa shape index (κ2) is 3.62. The van der Waals surface area contributed by atoms with Crippen molar-refractivity contribution >= 4 is 23.4 Å². The quantitative estimate of drug-likeness (QED) is 0.558. The number of halogens is 1. The van der Waals surface area contributed by atoms with Crippen molar-refractivity contribution < 1.29 is 0 Å². The first-order valence-corrected chi connectivity index (χ1v) is 4.69. The normalized spacial score (nSPS) is 27.4. The van der Waals surface area contributed by atoms with Crippen molar-refractivity contribution in [1.82, 2.24) is 0 Å². The number of hydrogen-bond acceptors (Lipinski definition) is 1. The minimum Gasteiger partial charge on any atom is -0.159 e. The molecule has 0 bridgehead atoms. The predicted octanol–water partition coefficient (Wildman–Crippen LogP) is 2.51. The SMILES string of the molecule is ClCCCC1CCS1. The molecule has 0 saturated carbocycles. The molecular formula is C6H11ClS.